The summed E-state index contributed by atoms with van der Waals surface area (Å²) in [5.74, 6) is 0.0515. The van der Waals surface area contributed by atoms with Gasteiger partial charge in [0.15, 0.2) is 0 Å². The Kier molecular flexibility index (Phi) is 6.14. The van der Waals surface area contributed by atoms with E-state index in [4.69, 9.17) is 11.6 Å². The molecule has 3 aromatic carbocycles. The van der Waals surface area contributed by atoms with Gasteiger partial charge in [0.05, 0.1) is 21.6 Å². The summed E-state index contributed by atoms with van der Waals surface area (Å²) in [6.45, 7) is 0. The molecule has 0 bridgehead atoms. The van der Waals surface area contributed by atoms with Gasteiger partial charge in [-0.15, -0.1) is 0 Å². The highest BCUT2D eigenvalue weighted by atomic mass is 35.5. The second kappa shape index (κ2) is 8.69. The fourth-order valence-corrected chi connectivity index (χ4v) is 4.01. The minimum Gasteiger partial charge on any atom is -0.369 e. The predicted octanol–water partition coefficient (Wildman–Crippen LogP) is 5.94. The van der Waals surface area contributed by atoms with Gasteiger partial charge in [0.1, 0.15) is 5.82 Å². The molecule has 1 heterocycles. The second-order valence-electron chi connectivity index (χ2n) is 7.72. The molecule has 0 atom stereocenters. The smallest absolute Gasteiger partial charge is 0.369 e. The number of alkyl halides is 6. The summed E-state index contributed by atoms with van der Waals surface area (Å²) in [7, 11) is 0. The van der Waals surface area contributed by atoms with Crippen LogP contribution in [0.15, 0.2) is 77.6 Å². The van der Waals surface area contributed by atoms with E-state index in [1.807, 2.05) is 0 Å². The van der Waals surface area contributed by atoms with Gasteiger partial charge in [-0.2, -0.15) is 26.3 Å². The first-order valence-electron chi connectivity index (χ1n) is 10.1. The van der Waals surface area contributed by atoms with Crippen LogP contribution in [0.4, 0.5) is 26.3 Å². The van der Waals surface area contributed by atoms with E-state index in [-0.39, 0.29) is 33.9 Å². The lowest BCUT2D eigenvalue weighted by Gasteiger charge is -2.33. The molecule has 182 valence electrons. The molecule has 1 aromatic heterocycles. The van der Waals surface area contributed by atoms with Gasteiger partial charge in [-0.05, 0) is 29.8 Å². The molecule has 4 rings (SSSR count). The molecule has 1 N–H and O–H groups in total. The Labute approximate surface area is 199 Å². The quantitative estimate of drug-likeness (QED) is 0.344. The lowest BCUT2D eigenvalue weighted by molar-refractivity contribution is -0.376. The van der Waals surface area contributed by atoms with Gasteiger partial charge in [0.25, 0.3) is 11.2 Å². The highest BCUT2D eigenvalue weighted by molar-refractivity contribution is 6.35. The molecule has 0 amide bonds. The summed E-state index contributed by atoms with van der Waals surface area (Å²) >= 11 is 6.17. The molecule has 0 aliphatic carbocycles. The molecular weight excluding hydrogens is 498 g/mol. The van der Waals surface area contributed by atoms with E-state index >= 15 is 0 Å². The van der Waals surface area contributed by atoms with Crippen molar-refractivity contribution in [1.82, 2.24) is 9.55 Å². The highest BCUT2D eigenvalue weighted by Gasteiger charge is 2.71. The third-order valence-electron chi connectivity index (χ3n) is 5.46. The summed E-state index contributed by atoms with van der Waals surface area (Å²) in [5, 5.41) is 9.80. The standard InChI is InChI=1S/C24H15ClF6N2O2/c25-17-10-5-11-18-20(17)21(34)33(19(32-18)12-14-6-2-1-3-7-14)16-9-4-8-15(13-16)22(35,23(26,27)28)24(29,30)31/h1-11,13,35H,12H2. The molecule has 0 unspecified atom stereocenters. The molecule has 0 spiro atoms. The summed E-state index contributed by atoms with van der Waals surface area (Å²) in [5.41, 5.74) is -6.88. The zero-order valence-electron chi connectivity index (χ0n) is 17.5. The highest BCUT2D eigenvalue weighted by Crippen LogP contribution is 2.50. The first-order chi connectivity index (χ1) is 16.3. The van der Waals surface area contributed by atoms with Crippen LogP contribution in [0.2, 0.25) is 5.02 Å². The maximum atomic E-state index is 13.5. The topological polar surface area (TPSA) is 55.1 Å². The summed E-state index contributed by atoms with van der Waals surface area (Å²) in [6.07, 6.45) is -12.1. The normalized spacial score (nSPS) is 12.8. The van der Waals surface area contributed by atoms with Crippen molar-refractivity contribution >= 4 is 22.5 Å². The number of nitrogens with zero attached hydrogens (tertiary/aromatic N) is 2. The van der Waals surface area contributed by atoms with Gasteiger partial charge in [0, 0.05) is 12.0 Å². The van der Waals surface area contributed by atoms with Gasteiger partial charge in [-0.1, -0.05) is 60.1 Å². The lowest BCUT2D eigenvalue weighted by atomic mass is 9.92. The van der Waals surface area contributed by atoms with E-state index in [9.17, 15) is 36.2 Å². The van der Waals surface area contributed by atoms with Crippen molar-refractivity contribution in [2.24, 2.45) is 0 Å². The average Bonchev–Trinajstić information content (AvgIpc) is 2.78. The molecule has 35 heavy (non-hydrogen) atoms. The Balaban J connectivity index is 2.01. The molecule has 0 saturated carbocycles. The van der Waals surface area contributed by atoms with Crippen LogP contribution >= 0.6 is 11.6 Å². The Bertz CT molecular complexity index is 1430. The Morgan fingerprint density at radius 1 is 0.857 bits per heavy atom. The minimum atomic E-state index is -6.08. The molecule has 0 aliphatic rings. The van der Waals surface area contributed by atoms with Crippen molar-refractivity contribution in [3.8, 4) is 5.69 Å². The Morgan fingerprint density at radius 3 is 2.11 bits per heavy atom. The van der Waals surface area contributed by atoms with Crippen molar-refractivity contribution in [2.75, 3.05) is 0 Å². The average molecular weight is 513 g/mol. The minimum absolute atomic E-state index is 0.0123. The number of fused-ring (bicyclic) bond motifs is 1. The molecule has 0 aliphatic heterocycles. The van der Waals surface area contributed by atoms with Gasteiger partial charge < -0.3 is 5.11 Å². The first-order valence-corrected chi connectivity index (χ1v) is 10.4. The van der Waals surface area contributed by atoms with Crippen molar-refractivity contribution in [3.05, 3.63) is 105 Å². The van der Waals surface area contributed by atoms with Crippen molar-refractivity contribution in [1.29, 1.82) is 0 Å². The van der Waals surface area contributed by atoms with Crippen LogP contribution in [-0.4, -0.2) is 27.0 Å². The lowest BCUT2D eigenvalue weighted by Crippen LogP contribution is -2.54. The number of rotatable bonds is 4. The molecule has 4 nitrogen and oxygen atoms in total. The second-order valence-corrected chi connectivity index (χ2v) is 8.13. The maximum absolute atomic E-state index is 13.5. The van der Waals surface area contributed by atoms with Gasteiger partial charge in [-0.3, -0.25) is 9.36 Å². The third kappa shape index (κ3) is 4.28. The van der Waals surface area contributed by atoms with E-state index in [1.165, 1.54) is 12.1 Å². The van der Waals surface area contributed by atoms with E-state index in [1.54, 1.807) is 36.4 Å². The third-order valence-corrected chi connectivity index (χ3v) is 5.78. The molecule has 11 heteroatoms. The predicted molar refractivity (Wildman–Crippen MR) is 118 cm³/mol. The van der Waals surface area contributed by atoms with E-state index in [0.29, 0.717) is 17.7 Å². The van der Waals surface area contributed by atoms with E-state index < -0.39 is 29.1 Å². The largest absolute Gasteiger partial charge is 0.430 e. The van der Waals surface area contributed by atoms with Crippen LogP contribution in [0.5, 0.6) is 0 Å². The Hall–Kier alpha value is -3.37. The zero-order chi connectivity index (χ0) is 25.6. The van der Waals surface area contributed by atoms with Crippen LogP contribution in [-0.2, 0) is 12.0 Å². The maximum Gasteiger partial charge on any atom is 0.430 e. The van der Waals surface area contributed by atoms with Crippen LogP contribution in [0, 0.1) is 0 Å². The van der Waals surface area contributed by atoms with Crippen LogP contribution in [0.25, 0.3) is 16.6 Å². The summed E-state index contributed by atoms with van der Waals surface area (Å²) < 4.78 is 81.7. The fraction of sp³-hybridized carbons (Fsp3) is 0.167. The molecule has 4 aromatic rings. The van der Waals surface area contributed by atoms with Gasteiger partial charge in [-0.25, -0.2) is 4.98 Å². The van der Waals surface area contributed by atoms with Crippen LogP contribution < -0.4 is 5.56 Å². The van der Waals surface area contributed by atoms with E-state index in [2.05, 4.69) is 4.98 Å². The zero-order valence-corrected chi connectivity index (χ0v) is 18.3. The molecule has 0 radical (unpaired) electrons. The van der Waals surface area contributed by atoms with Crippen molar-refractivity contribution in [2.45, 2.75) is 24.4 Å². The number of aromatic nitrogens is 2. The number of hydrogen-bond donors (Lipinski definition) is 1. The molecule has 0 fully saturated rings. The molecule has 0 saturated heterocycles. The number of halogens is 7. The number of aliphatic hydroxyl groups is 1. The van der Waals surface area contributed by atoms with Crippen molar-refractivity contribution in [3.63, 3.8) is 0 Å². The van der Waals surface area contributed by atoms with Crippen LogP contribution in [0.1, 0.15) is 17.0 Å². The van der Waals surface area contributed by atoms with E-state index in [0.717, 1.165) is 16.7 Å². The fourth-order valence-electron chi connectivity index (χ4n) is 3.76. The summed E-state index contributed by atoms with van der Waals surface area (Å²) in [6, 6.07) is 16.1. The number of benzene rings is 3. The Morgan fingerprint density at radius 2 is 1.49 bits per heavy atom. The SMILES string of the molecule is O=c1c2c(Cl)cccc2nc(Cc2ccccc2)n1-c1cccc(C(O)(C(F)(F)F)C(F)(F)F)c1. The van der Waals surface area contributed by atoms with Crippen molar-refractivity contribution < 1.29 is 31.4 Å². The monoisotopic (exact) mass is 512 g/mol. The molecular formula is C24H15ClF6N2O2. The first kappa shape index (κ1) is 24.7. The van der Waals surface area contributed by atoms with Gasteiger partial charge >= 0.3 is 12.4 Å². The summed E-state index contributed by atoms with van der Waals surface area (Å²) in [4.78, 5) is 17.9. The van der Waals surface area contributed by atoms with Crippen LogP contribution in [0.3, 0.4) is 0 Å². The van der Waals surface area contributed by atoms with Gasteiger partial charge in [0.2, 0.25) is 0 Å². The number of hydrogen-bond acceptors (Lipinski definition) is 3.